The fraction of sp³-hybridized carbons (Fsp3) is 0.800. The van der Waals surface area contributed by atoms with Crippen molar-refractivity contribution in [2.45, 2.75) is 52.7 Å². The van der Waals surface area contributed by atoms with Gasteiger partial charge in [-0.15, -0.1) is 0 Å². The van der Waals surface area contributed by atoms with Crippen molar-refractivity contribution in [3.63, 3.8) is 0 Å². The normalized spacial score (nSPS) is 20.5. The van der Waals surface area contributed by atoms with Crippen LogP contribution in [0.2, 0.25) is 0 Å². The Morgan fingerprint density at radius 3 is 2.26 bits per heavy atom. The fourth-order valence-corrected chi connectivity index (χ4v) is 2.04. The van der Waals surface area contributed by atoms with E-state index in [-0.39, 0.29) is 19.0 Å². The summed E-state index contributed by atoms with van der Waals surface area (Å²) in [7, 11) is 0. The summed E-state index contributed by atoms with van der Waals surface area (Å²) < 4.78 is 10.4. The molecule has 0 radical (unpaired) electrons. The molecule has 8 heteroatoms. The maximum atomic E-state index is 12.0. The molecule has 8 nitrogen and oxygen atoms in total. The van der Waals surface area contributed by atoms with Crippen LogP contribution in [0.5, 0.6) is 0 Å². The number of hydrogen-bond donors (Lipinski definition) is 2. The zero-order chi connectivity index (χ0) is 17.8. The number of ether oxygens (including phenoxy) is 2. The van der Waals surface area contributed by atoms with Gasteiger partial charge in [0.05, 0.1) is 12.3 Å². The van der Waals surface area contributed by atoms with Gasteiger partial charge in [0.15, 0.2) is 0 Å². The second-order valence-corrected chi connectivity index (χ2v) is 7.53. The number of nitrogens with one attached hydrogen (secondary N) is 1. The Bertz CT molecular complexity index is 476. The topological polar surface area (TPSA) is 100 Å². The van der Waals surface area contributed by atoms with Gasteiger partial charge in [-0.2, -0.15) is 0 Å². The standard InChI is InChI=1S/C15H27N3O5/c1-14(2,3)22-12(19)16-7-10-8-18(9-11(10)17-21)13(20)23-15(4,5)6/h10,21H,7-9H2,1-6H3,(H,16,19)/b17-11-. The highest BCUT2D eigenvalue weighted by atomic mass is 16.6. The number of alkyl carbamates (subject to hydrolysis) is 1. The molecule has 2 amide bonds. The smallest absolute Gasteiger partial charge is 0.410 e. The van der Waals surface area contributed by atoms with Gasteiger partial charge in [-0.1, -0.05) is 5.16 Å². The van der Waals surface area contributed by atoms with E-state index in [1.54, 1.807) is 41.5 Å². The van der Waals surface area contributed by atoms with E-state index < -0.39 is 23.4 Å². The largest absolute Gasteiger partial charge is 0.444 e. The van der Waals surface area contributed by atoms with E-state index in [0.717, 1.165) is 0 Å². The molecular weight excluding hydrogens is 302 g/mol. The van der Waals surface area contributed by atoms with Gasteiger partial charge >= 0.3 is 12.2 Å². The molecule has 0 aliphatic carbocycles. The molecule has 0 spiro atoms. The van der Waals surface area contributed by atoms with Crippen molar-refractivity contribution < 1.29 is 24.3 Å². The molecule has 1 saturated heterocycles. The summed E-state index contributed by atoms with van der Waals surface area (Å²) in [4.78, 5) is 25.2. The Hall–Kier alpha value is -1.99. The predicted octanol–water partition coefficient (Wildman–Crippen LogP) is 2.21. The van der Waals surface area contributed by atoms with Crippen LogP contribution in [0.25, 0.3) is 0 Å². The van der Waals surface area contributed by atoms with E-state index >= 15 is 0 Å². The van der Waals surface area contributed by atoms with Crippen molar-refractivity contribution in [2.24, 2.45) is 11.1 Å². The average Bonchev–Trinajstić information content (AvgIpc) is 2.75. The Balaban J connectivity index is 2.57. The van der Waals surface area contributed by atoms with Gasteiger partial charge in [-0.25, -0.2) is 9.59 Å². The number of oxime groups is 1. The summed E-state index contributed by atoms with van der Waals surface area (Å²) in [5.74, 6) is -0.278. The van der Waals surface area contributed by atoms with Gasteiger partial charge in [-0.3, -0.25) is 0 Å². The van der Waals surface area contributed by atoms with Crippen LogP contribution in [0, 0.1) is 5.92 Å². The zero-order valence-electron chi connectivity index (χ0n) is 14.7. The first kappa shape index (κ1) is 19.1. The van der Waals surface area contributed by atoms with Gasteiger partial charge < -0.3 is 24.9 Å². The molecule has 1 atom stereocenters. The van der Waals surface area contributed by atoms with Gasteiger partial charge in [0.1, 0.15) is 11.2 Å². The molecular formula is C15H27N3O5. The van der Waals surface area contributed by atoms with Crippen LogP contribution < -0.4 is 5.32 Å². The van der Waals surface area contributed by atoms with E-state index in [9.17, 15) is 9.59 Å². The van der Waals surface area contributed by atoms with Crippen LogP contribution in [-0.4, -0.2) is 58.8 Å². The summed E-state index contributed by atoms with van der Waals surface area (Å²) >= 11 is 0. The zero-order valence-corrected chi connectivity index (χ0v) is 14.7. The summed E-state index contributed by atoms with van der Waals surface area (Å²) in [6.45, 7) is 11.4. The Morgan fingerprint density at radius 1 is 1.22 bits per heavy atom. The summed E-state index contributed by atoms with van der Waals surface area (Å²) in [5.41, 5.74) is -0.761. The fourth-order valence-electron chi connectivity index (χ4n) is 2.04. The second-order valence-electron chi connectivity index (χ2n) is 7.53. The highest BCUT2D eigenvalue weighted by Gasteiger charge is 2.35. The van der Waals surface area contributed by atoms with Crippen molar-refractivity contribution in [3.05, 3.63) is 0 Å². The third-order valence-electron chi connectivity index (χ3n) is 2.94. The molecule has 0 aromatic heterocycles. The Morgan fingerprint density at radius 2 is 1.78 bits per heavy atom. The van der Waals surface area contributed by atoms with Crippen molar-refractivity contribution >= 4 is 17.9 Å². The third-order valence-corrected chi connectivity index (χ3v) is 2.94. The first-order chi connectivity index (χ1) is 10.4. The van der Waals surface area contributed by atoms with Crippen LogP contribution in [0.1, 0.15) is 41.5 Å². The Kier molecular flexibility index (Phi) is 5.85. The summed E-state index contributed by atoms with van der Waals surface area (Å²) in [6.07, 6.45) is -1.02. The van der Waals surface area contributed by atoms with E-state index in [1.807, 2.05) is 0 Å². The number of rotatable bonds is 2. The first-order valence-corrected chi connectivity index (χ1v) is 7.57. The molecule has 1 aliphatic heterocycles. The molecule has 0 aromatic rings. The molecule has 1 rings (SSSR count). The maximum Gasteiger partial charge on any atom is 0.410 e. The van der Waals surface area contributed by atoms with Crippen molar-refractivity contribution in [1.29, 1.82) is 0 Å². The van der Waals surface area contributed by atoms with Crippen LogP contribution in [0.3, 0.4) is 0 Å². The van der Waals surface area contributed by atoms with E-state index in [4.69, 9.17) is 14.7 Å². The molecule has 0 aromatic carbocycles. The highest BCUT2D eigenvalue weighted by molar-refractivity contribution is 5.94. The van der Waals surface area contributed by atoms with Crippen LogP contribution in [0.4, 0.5) is 9.59 Å². The molecule has 0 bridgehead atoms. The van der Waals surface area contributed by atoms with Crippen molar-refractivity contribution in [1.82, 2.24) is 10.2 Å². The molecule has 0 saturated carbocycles. The maximum absolute atomic E-state index is 12.0. The van der Waals surface area contributed by atoms with Crippen LogP contribution in [0.15, 0.2) is 5.16 Å². The summed E-state index contributed by atoms with van der Waals surface area (Å²) in [5, 5.41) is 14.9. The molecule has 1 unspecified atom stereocenters. The van der Waals surface area contributed by atoms with Crippen molar-refractivity contribution in [2.75, 3.05) is 19.6 Å². The van der Waals surface area contributed by atoms with Crippen LogP contribution in [-0.2, 0) is 9.47 Å². The number of likely N-dealkylation sites (tertiary alicyclic amines) is 1. The molecule has 132 valence electrons. The number of amides is 2. The molecule has 2 N–H and O–H groups in total. The summed E-state index contributed by atoms with van der Waals surface area (Å²) in [6, 6.07) is 0. The minimum absolute atomic E-state index is 0.173. The lowest BCUT2D eigenvalue weighted by molar-refractivity contribution is 0.0292. The van der Waals surface area contributed by atoms with Crippen LogP contribution >= 0.6 is 0 Å². The van der Waals surface area contributed by atoms with Crippen molar-refractivity contribution in [3.8, 4) is 0 Å². The van der Waals surface area contributed by atoms with E-state index in [0.29, 0.717) is 12.3 Å². The monoisotopic (exact) mass is 329 g/mol. The Labute approximate surface area is 136 Å². The lowest BCUT2D eigenvalue weighted by Gasteiger charge is -2.24. The minimum Gasteiger partial charge on any atom is -0.444 e. The lowest BCUT2D eigenvalue weighted by atomic mass is 10.1. The molecule has 1 aliphatic rings. The molecule has 23 heavy (non-hydrogen) atoms. The third kappa shape index (κ3) is 6.75. The second kappa shape index (κ2) is 7.06. The predicted molar refractivity (Wildman–Crippen MR) is 84.8 cm³/mol. The molecule has 1 heterocycles. The van der Waals surface area contributed by atoms with Gasteiger partial charge in [0, 0.05) is 19.0 Å². The minimum atomic E-state index is -0.597. The first-order valence-electron chi connectivity index (χ1n) is 7.57. The number of carbonyl (C=O) groups is 2. The van der Waals surface area contributed by atoms with E-state index in [2.05, 4.69) is 10.5 Å². The average molecular weight is 329 g/mol. The lowest BCUT2D eigenvalue weighted by Crippen LogP contribution is -2.38. The SMILES string of the molecule is CC(C)(C)OC(=O)NCC1CN(C(=O)OC(C)(C)C)C/C1=N/O. The number of carbonyl (C=O) groups excluding carboxylic acids is 2. The van der Waals surface area contributed by atoms with E-state index in [1.165, 1.54) is 4.90 Å². The highest BCUT2D eigenvalue weighted by Crippen LogP contribution is 2.18. The van der Waals surface area contributed by atoms with Gasteiger partial charge in [0.25, 0.3) is 0 Å². The quantitative estimate of drug-likeness (QED) is 0.597. The number of nitrogens with zero attached hydrogens (tertiary/aromatic N) is 2. The van der Waals surface area contributed by atoms with Gasteiger partial charge in [-0.05, 0) is 41.5 Å². The number of hydrogen-bond acceptors (Lipinski definition) is 6. The van der Waals surface area contributed by atoms with Gasteiger partial charge in [0.2, 0.25) is 0 Å². The molecule has 1 fully saturated rings.